The molecule has 1 aromatic carbocycles. The minimum atomic E-state index is -0.836. The largest absolute Gasteiger partial charge is 0.370 e. The number of rotatable bonds is 11. The Balaban J connectivity index is 1.20. The number of guanidine groups is 1. The van der Waals surface area contributed by atoms with Crippen LogP contribution in [0.1, 0.15) is 41.2 Å². The fourth-order valence-corrected chi connectivity index (χ4v) is 6.40. The minimum absolute atomic E-state index is 0.0474. The van der Waals surface area contributed by atoms with Crippen molar-refractivity contribution in [2.75, 3.05) is 19.6 Å². The summed E-state index contributed by atoms with van der Waals surface area (Å²) < 4.78 is 0. The molecular formula is C28H35N9O4S. The summed E-state index contributed by atoms with van der Waals surface area (Å²) >= 11 is 1.19. The van der Waals surface area contributed by atoms with E-state index in [2.05, 4.69) is 20.3 Å². The Bertz CT molecular complexity index is 1450. The summed E-state index contributed by atoms with van der Waals surface area (Å²) in [5.41, 5.74) is 18.9. The van der Waals surface area contributed by atoms with E-state index in [-0.39, 0.29) is 36.1 Å². The van der Waals surface area contributed by atoms with Gasteiger partial charge in [-0.3, -0.25) is 24.2 Å². The van der Waals surface area contributed by atoms with Crippen molar-refractivity contribution >= 4 is 51.7 Å². The molecule has 2 aromatic heterocycles. The lowest BCUT2D eigenvalue weighted by Gasteiger charge is -2.40. The van der Waals surface area contributed by atoms with Gasteiger partial charge in [0.1, 0.15) is 6.04 Å². The van der Waals surface area contributed by atoms with Crippen LogP contribution in [-0.2, 0) is 20.8 Å². The number of thiazole rings is 1. The van der Waals surface area contributed by atoms with E-state index in [1.165, 1.54) is 22.4 Å². The van der Waals surface area contributed by atoms with Gasteiger partial charge in [-0.15, -0.1) is 11.3 Å². The van der Waals surface area contributed by atoms with Gasteiger partial charge in [-0.05, 0) is 43.2 Å². The van der Waals surface area contributed by atoms with Crippen molar-refractivity contribution in [3.05, 3.63) is 52.6 Å². The van der Waals surface area contributed by atoms with E-state index in [9.17, 15) is 19.2 Å². The molecular weight excluding hydrogens is 558 g/mol. The maximum absolute atomic E-state index is 13.4. The maximum atomic E-state index is 13.4. The van der Waals surface area contributed by atoms with Crippen LogP contribution in [0.25, 0.3) is 10.9 Å². The highest BCUT2D eigenvalue weighted by atomic mass is 32.1. The molecule has 222 valence electrons. The first-order valence-electron chi connectivity index (χ1n) is 13.9. The van der Waals surface area contributed by atoms with Crippen molar-refractivity contribution < 1.29 is 19.2 Å². The lowest BCUT2D eigenvalue weighted by molar-refractivity contribution is -0.151. The number of nitrogens with zero attached hydrogens (tertiary/aromatic N) is 4. The molecule has 5 rings (SSSR count). The molecule has 42 heavy (non-hydrogen) atoms. The summed E-state index contributed by atoms with van der Waals surface area (Å²) in [6.45, 7) is 0.455. The fourth-order valence-electron chi connectivity index (χ4n) is 5.77. The molecule has 14 heteroatoms. The van der Waals surface area contributed by atoms with Crippen molar-refractivity contribution in [2.24, 2.45) is 22.2 Å². The lowest BCUT2D eigenvalue weighted by atomic mass is 10.1. The number of para-hydroxylation sites is 1. The zero-order valence-corrected chi connectivity index (χ0v) is 23.9. The molecule has 3 aromatic rings. The highest BCUT2D eigenvalue weighted by molar-refractivity contribution is 7.11. The molecule has 0 bridgehead atoms. The Labute approximate surface area is 246 Å². The zero-order chi connectivity index (χ0) is 29.8. The summed E-state index contributed by atoms with van der Waals surface area (Å²) in [7, 11) is 0. The average molecular weight is 594 g/mol. The first kappa shape index (κ1) is 29.2. The van der Waals surface area contributed by atoms with Crippen molar-refractivity contribution in [1.29, 1.82) is 0 Å². The van der Waals surface area contributed by atoms with E-state index in [1.807, 2.05) is 30.3 Å². The SMILES string of the molecule is NC(N)=NCCC[C@H](NC(=O)[C@@H]1CC[C@H]2CN(C(=O)[C@H](N)Cc3cc4ccccc4[nH]3)CC(=O)N21)C(=O)c1nccs1. The topological polar surface area (TPSA) is 206 Å². The number of fused-ring (bicyclic) bond motifs is 2. The summed E-state index contributed by atoms with van der Waals surface area (Å²) in [6.07, 6.45) is 3.60. The van der Waals surface area contributed by atoms with Gasteiger partial charge < -0.3 is 37.3 Å². The predicted octanol–water partition coefficient (Wildman–Crippen LogP) is 0.117. The van der Waals surface area contributed by atoms with Gasteiger partial charge in [-0.1, -0.05) is 18.2 Å². The van der Waals surface area contributed by atoms with Gasteiger partial charge in [0.25, 0.3) is 0 Å². The number of aromatic nitrogens is 2. The Morgan fingerprint density at radius 2 is 2.02 bits per heavy atom. The smallest absolute Gasteiger partial charge is 0.243 e. The van der Waals surface area contributed by atoms with Crippen molar-refractivity contribution in [2.45, 2.75) is 56.3 Å². The van der Waals surface area contributed by atoms with Gasteiger partial charge in [0, 0.05) is 42.3 Å². The van der Waals surface area contributed by atoms with Crippen LogP contribution in [0, 0.1) is 0 Å². The normalized spacial score (nSPS) is 19.8. The standard InChI is InChI=1S/C28H35N9O4S/c29-19(13-17-12-16-4-1-2-5-20(16)34-17)27(41)36-14-18-7-8-22(37(18)23(38)15-36)25(40)35-21(6-3-9-33-28(30)31)24(39)26-32-10-11-42-26/h1-2,4-5,10-12,18-19,21-22,34H,3,6-9,13-15,29H2,(H,35,40)(H4,30,31,33)/t18-,19+,21-,22-/m0/s1. The Kier molecular flexibility index (Phi) is 8.83. The van der Waals surface area contributed by atoms with E-state index < -0.39 is 24.0 Å². The molecule has 2 aliphatic heterocycles. The number of aliphatic imine (C=N–C) groups is 1. The number of Topliss-reactive ketones (excluding diaryl/α,β-unsaturated/α-hetero) is 1. The van der Waals surface area contributed by atoms with Gasteiger partial charge in [-0.2, -0.15) is 0 Å². The van der Waals surface area contributed by atoms with Crippen LogP contribution < -0.4 is 22.5 Å². The molecule has 4 heterocycles. The molecule has 0 aliphatic carbocycles. The third-order valence-corrected chi connectivity index (χ3v) is 8.51. The monoisotopic (exact) mass is 593 g/mol. The number of H-pyrrole nitrogens is 1. The molecule has 2 fully saturated rings. The number of carbonyl (C=O) groups excluding carboxylic acids is 4. The summed E-state index contributed by atoms with van der Waals surface area (Å²) in [6, 6.07) is 7.11. The number of carbonyl (C=O) groups is 4. The maximum Gasteiger partial charge on any atom is 0.243 e. The zero-order valence-electron chi connectivity index (χ0n) is 23.1. The van der Waals surface area contributed by atoms with Gasteiger partial charge in [0.2, 0.25) is 23.5 Å². The third kappa shape index (κ3) is 6.44. The molecule has 0 spiro atoms. The van der Waals surface area contributed by atoms with Crippen molar-refractivity contribution in [3.8, 4) is 0 Å². The minimum Gasteiger partial charge on any atom is -0.370 e. The summed E-state index contributed by atoms with van der Waals surface area (Å²) in [4.78, 5) is 67.4. The Morgan fingerprint density at radius 1 is 1.21 bits per heavy atom. The highest BCUT2D eigenvalue weighted by Crippen LogP contribution is 2.29. The van der Waals surface area contributed by atoms with Crippen LogP contribution in [0.4, 0.5) is 0 Å². The van der Waals surface area contributed by atoms with Crippen LogP contribution in [-0.4, -0.2) is 93.0 Å². The van der Waals surface area contributed by atoms with Crippen LogP contribution in [0.2, 0.25) is 0 Å². The molecule has 0 saturated carbocycles. The number of nitrogens with two attached hydrogens (primary N) is 3. The fraction of sp³-hybridized carbons (Fsp3) is 0.429. The third-order valence-electron chi connectivity index (χ3n) is 7.73. The number of amides is 3. The number of hydrogen-bond donors (Lipinski definition) is 5. The first-order chi connectivity index (χ1) is 20.2. The second kappa shape index (κ2) is 12.7. The average Bonchev–Trinajstić information content (AvgIpc) is 3.73. The van der Waals surface area contributed by atoms with Crippen LogP contribution in [0.15, 0.2) is 46.9 Å². The molecule has 0 unspecified atom stereocenters. The molecule has 4 atom stereocenters. The van der Waals surface area contributed by atoms with E-state index in [4.69, 9.17) is 17.2 Å². The number of hydrogen-bond acceptors (Lipinski definition) is 8. The van der Waals surface area contributed by atoms with Gasteiger partial charge in [-0.25, -0.2) is 4.98 Å². The van der Waals surface area contributed by atoms with Gasteiger partial charge in [0.15, 0.2) is 11.0 Å². The molecule has 3 amide bonds. The Morgan fingerprint density at radius 3 is 2.76 bits per heavy atom. The number of nitrogens with one attached hydrogen (secondary N) is 2. The molecule has 8 N–H and O–H groups in total. The lowest BCUT2D eigenvalue weighted by Crippen LogP contribution is -2.62. The van der Waals surface area contributed by atoms with E-state index in [0.717, 1.165) is 16.6 Å². The van der Waals surface area contributed by atoms with Crippen LogP contribution in [0.5, 0.6) is 0 Å². The Hall–Kier alpha value is -4.30. The van der Waals surface area contributed by atoms with Crippen molar-refractivity contribution in [1.82, 2.24) is 25.1 Å². The van der Waals surface area contributed by atoms with Gasteiger partial charge in [0.05, 0.1) is 24.7 Å². The summed E-state index contributed by atoms with van der Waals surface area (Å²) in [5, 5.41) is 5.87. The number of piperazine rings is 1. The number of ketones is 1. The van der Waals surface area contributed by atoms with E-state index in [1.54, 1.807) is 10.3 Å². The summed E-state index contributed by atoms with van der Waals surface area (Å²) in [5.74, 6) is -1.37. The highest BCUT2D eigenvalue weighted by Gasteiger charge is 2.46. The molecule has 0 radical (unpaired) electrons. The predicted molar refractivity (Wildman–Crippen MR) is 159 cm³/mol. The quantitative estimate of drug-likeness (QED) is 0.0891. The van der Waals surface area contributed by atoms with Crippen LogP contribution >= 0.6 is 11.3 Å². The number of benzene rings is 1. The number of aromatic amines is 1. The second-order valence-electron chi connectivity index (χ2n) is 10.7. The molecule has 13 nitrogen and oxygen atoms in total. The van der Waals surface area contributed by atoms with Crippen molar-refractivity contribution in [3.63, 3.8) is 0 Å². The van der Waals surface area contributed by atoms with Gasteiger partial charge >= 0.3 is 0 Å². The van der Waals surface area contributed by atoms with E-state index in [0.29, 0.717) is 50.2 Å². The van der Waals surface area contributed by atoms with E-state index >= 15 is 0 Å². The molecule has 2 saturated heterocycles. The molecule has 2 aliphatic rings. The van der Waals surface area contributed by atoms with Crippen LogP contribution in [0.3, 0.4) is 0 Å². The second-order valence-corrected chi connectivity index (χ2v) is 11.6. The first-order valence-corrected chi connectivity index (χ1v) is 14.8.